The molecule has 0 unspecified atom stereocenters. The van der Waals surface area contributed by atoms with Gasteiger partial charge in [0.2, 0.25) is 11.8 Å². The lowest BCUT2D eigenvalue weighted by Crippen LogP contribution is -2.48. The van der Waals surface area contributed by atoms with Gasteiger partial charge in [-0.2, -0.15) is 0 Å². The van der Waals surface area contributed by atoms with Gasteiger partial charge in [0.05, 0.1) is 5.54 Å². The van der Waals surface area contributed by atoms with Crippen LogP contribution < -0.4 is 11.1 Å². The van der Waals surface area contributed by atoms with Gasteiger partial charge >= 0.3 is 0 Å². The fourth-order valence-corrected chi connectivity index (χ4v) is 3.90. The maximum atomic E-state index is 13.0. The van der Waals surface area contributed by atoms with E-state index in [0.29, 0.717) is 5.56 Å². The Morgan fingerprint density at radius 1 is 1.35 bits per heavy atom. The normalized spacial score (nSPS) is 23.4. The van der Waals surface area contributed by atoms with Gasteiger partial charge in [0, 0.05) is 12.1 Å². The zero-order chi connectivity index (χ0) is 16.4. The van der Waals surface area contributed by atoms with Crippen LogP contribution in [-0.2, 0) is 4.79 Å². The number of primary amides is 1. The zero-order valence-corrected chi connectivity index (χ0v) is 13.7. The number of amides is 2. The van der Waals surface area contributed by atoms with E-state index in [1.807, 2.05) is 17.0 Å². The second kappa shape index (κ2) is 6.32. The molecule has 0 bridgehead atoms. The van der Waals surface area contributed by atoms with Gasteiger partial charge in [0.25, 0.3) is 0 Å². The number of hydrogen-bond acceptors (Lipinski definition) is 3. The van der Waals surface area contributed by atoms with Gasteiger partial charge < -0.3 is 10.6 Å². The molecule has 1 aliphatic heterocycles. The van der Waals surface area contributed by atoms with Crippen molar-refractivity contribution in [3.05, 3.63) is 35.4 Å². The molecule has 1 aromatic rings. The maximum absolute atomic E-state index is 13.0. The van der Waals surface area contributed by atoms with E-state index >= 15 is 0 Å². The summed E-state index contributed by atoms with van der Waals surface area (Å²) in [5.41, 5.74) is 6.40. The van der Waals surface area contributed by atoms with Gasteiger partial charge in [-0.3, -0.25) is 14.9 Å². The molecule has 5 heteroatoms. The first-order valence-corrected chi connectivity index (χ1v) is 8.56. The van der Waals surface area contributed by atoms with Crippen LogP contribution in [0.25, 0.3) is 0 Å². The van der Waals surface area contributed by atoms with E-state index in [2.05, 4.69) is 12.2 Å². The first-order chi connectivity index (χ1) is 11.1. The third-order valence-electron chi connectivity index (χ3n) is 5.05. The van der Waals surface area contributed by atoms with Crippen LogP contribution >= 0.6 is 0 Å². The molecule has 2 amide bonds. The Labute approximate surface area is 137 Å². The summed E-state index contributed by atoms with van der Waals surface area (Å²) >= 11 is 0. The Morgan fingerprint density at radius 3 is 2.74 bits per heavy atom. The minimum absolute atomic E-state index is 0.167. The van der Waals surface area contributed by atoms with Gasteiger partial charge in [-0.05, 0) is 37.0 Å². The van der Waals surface area contributed by atoms with E-state index < -0.39 is 11.4 Å². The molecule has 0 aromatic heterocycles. The topological polar surface area (TPSA) is 75.4 Å². The van der Waals surface area contributed by atoms with Crippen LogP contribution in [0.1, 0.15) is 67.5 Å². The van der Waals surface area contributed by atoms with Crippen molar-refractivity contribution < 1.29 is 9.59 Å². The van der Waals surface area contributed by atoms with E-state index in [1.54, 1.807) is 12.1 Å². The van der Waals surface area contributed by atoms with Crippen molar-refractivity contribution in [3.8, 4) is 0 Å². The van der Waals surface area contributed by atoms with Gasteiger partial charge in [-0.25, -0.2) is 0 Å². The standard InChI is InChI=1S/C18H25N3O2/c1-2-11-21-16(14-8-6-7-13(12-14)15(19)22)20-18(17(21)23)9-4-3-5-10-18/h6-8,12,16,20H,2-5,9-11H2,1H3,(H2,19,22)/t16-/m0/s1. The number of carbonyl (C=O) groups is 2. The van der Waals surface area contributed by atoms with Crippen molar-refractivity contribution in [2.75, 3.05) is 6.54 Å². The highest BCUT2D eigenvalue weighted by Crippen LogP contribution is 2.39. The van der Waals surface area contributed by atoms with Crippen LogP contribution in [0.4, 0.5) is 0 Å². The molecule has 3 rings (SSSR count). The smallest absolute Gasteiger partial charge is 0.248 e. The number of nitrogens with two attached hydrogens (primary N) is 1. The van der Waals surface area contributed by atoms with E-state index in [4.69, 9.17) is 5.73 Å². The number of nitrogens with zero attached hydrogens (tertiary/aromatic N) is 1. The average Bonchev–Trinajstić information content (AvgIpc) is 2.82. The highest BCUT2D eigenvalue weighted by Gasteiger charge is 2.51. The van der Waals surface area contributed by atoms with Gasteiger partial charge in [-0.15, -0.1) is 0 Å². The lowest BCUT2D eigenvalue weighted by molar-refractivity contribution is -0.134. The van der Waals surface area contributed by atoms with Gasteiger partial charge in [0.15, 0.2) is 0 Å². The predicted molar refractivity (Wildman–Crippen MR) is 88.7 cm³/mol. The molecule has 1 aromatic carbocycles. The van der Waals surface area contributed by atoms with Crippen molar-refractivity contribution in [3.63, 3.8) is 0 Å². The number of rotatable bonds is 4. The van der Waals surface area contributed by atoms with Crippen LogP contribution in [0.5, 0.6) is 0 Å². The Kier molecular flexibility index (Phi) is 4.39. The third kappa shape index (κ3) is 2.85. The maximum Gasteiger partial charge on any atom is 0.248 e. The van der Waals surface area contributed by atoms with E-state index in [1.165, 1.54) is 6.42 Å². The van der Waals surface area contributed by atoms with Crippen LogP contribution in [0.15, 0.2) is 24.3 Å². The minimum atomic E-state index is -0.439. The first-order valence-electron chi connectivity index (χ1n) is 8.56. The van der Waals surface area contributed by atoms with Crippen LogP contribution in [0.3, 0.4) is 0 Å². The zero-order valence-electron chi connectivity index (χ0n) is 13.7. The molecule has 1 heterocycles. The molecular weight excluding hydrogens is 290 g/mol. The van der Waals surface area contributed by atoms with Crippen molar-refractivity contribution in [2.45, 2.75) is 57.2 Å². The molecule has 1 aliphatic carbocycles. The van der Waals surface area contributed by atoms with Crippen LogP contribution in [-0.4, -0.2) is 28.8 Å². The van der Waals surface area contributed by atoms with Crippen LogP contribution in [0, 0.1) is 0 Å². The molecule has 1 spiro atoms. The summed E-state index contributed by atoms with van der Waals surface area (Å²) < 4.78 is 0. The van der Waals surface area contributed by atoms with E-state index in [9.17, 15) is 9.59 Å². The largest absolute Gasteiger partial charge is 0.366 e. The van der Waals surface area contributed by atoms with E-state index in [-0.39, 0.29) is 12.1 Å². The highest BCUT2D eigenvalue weighted by molar-refractivity contribution is 5.93. The molecular formula is C18H25N3O2. The second-order valence-electron chi connectivity index (χ2n) is 6.68. The summed E-state index contributed by atoms with van der Waals surface area (Å²) in [5.74, 6) is -0.223. The van der Waals surface area contributed by atoms with Crippen molar-refractivity contribution in [1.29, 1.82) is 0 Å². The minimum Gasteiger partial charge on any atom is -0.366 e. The summed E-state index contributed by atoms with van der Waals surface area (Å²) in [6.07, 6.45) is 5.93. The van der Waals surface area contributed by atoms with Crippen molar-refractivity contribution in [2.24, 2.45) is 5.73 Å². The molecule has 1 atom stereocenters. The Balaban J connectivity index is 1.94. The number of benzene rings is 1. The Morgan fingerprint density at radius 2 is 2.09 bits per heavy atom. The summed E-state index contributed by atoms with van der Waals surface area (Å²) in [4.78, 5) is 26.4. The molecule has 0 radical (unpaired) electrons. The second-order valence-corrected chi connectivity index (χ2v) is 6.68. The molecule has 1 saturated carbocycles. The molecule has 1 saturated heterocycles. The highest BCUT2D eigenvalue weighted by atomic mass is 16.2. The lowest BCUT2D eigenvalue weighted by atomic mass is 9.81. The van der Waals surface area contributed by atoms with Gasteiger partial charge in [0.1, 0.15) is 6.17 Å². The average molecular weight is 315 g/mol. The lowest BCUT2D eigenvalue weighted by Gasteiger charge is -2.31. The molecule has 5 nitrogen and oxygen atoms in total. The first kappa shape index (κ1) is 16.0. The Bertz CT molecular complexity index is 608. The molecule has 2 fully saturated rings. The third-order valence-corrected chi connectivity index (χ3v) is 5.05. The monoisotopic (exact) mass is 315 g/mol. The molecule has 124 valence electrons. The van der Waals surface area contributed by atoms with Gasteiger partial charge in [-0.1, -0.05) is 38.3 Å². The quantitative estimate of drug-likeness (QED) is 0.895. The van der Waals surface area contributed by atoms with Crippen LogP contribution in [0.2, 0.25) is 0 Å². The fourth-order valence-electron chi connectivity index (χ4n) is 3.90. The molecule has 23 heavy (non-hydrogen) atoms. The summed E-state index contributed by atoms with van der Waals surface area (Å²) in [7, 11) is 0. The number of carbonyl (C=O) groups excluding carboxylic acids is 2. The fraction of sp³-hybridized carbons (Fsp3) is 0.556. The summed E-state index contributed by atoms with van der Waals surface area (Å²) in [6, 6.07) is 7.31. The van der Waals surface area contributed by atoms with Crippen molar-refractivity contribution >= 4 is 11.8 Å². The number of nitrogens with one attached hydrogen (secondary N) is 1. The van der Waals surface area contributed by atoms with Crippen molar-refractivity contribution in [1.82, 2.24) is 10.2 Å². The van der Waals surface area contributed by atoms with E-state index in [0.717, 1.165) is 44.2 Å². The summed E-state index contributed by atoms with van der Waals surface area (Å²) in [5, 5.41) is 3.60. The molecule has 2 aliphatic rings. The Hall–Kier alpha value is -1.88. The number of hydrogen-bond donors (Lipinski definition) is 2. The molecule has 3 N–H and O–H groups in total. The summed E-state index contributed by atoms with van der Waals surface area (Å²) in [6.45, 7) is 2.80. The SMILES string of the molecule is CCCN1C(=O)C2(CCCCC2)N[C@@H]1c1cccc(C(N)=O)c1. The predicted octanol–water partition coefficient (Wildman–Crippen LogP) is 2.33.